The minimum atomic E-state index is -0.579. The first kappa shape index (κ1) is 10.5. The average molecular weight is 187 g/mol. The fourth-order valence-electron chi connectivity index (χ4n) is 1.68. The Kier molecular flexibility index (Phi) is 3.69. The van der Waals surface area contributed by atoms with E-state index in [0.717, 1.165) is 19.4 Å². The number of esters is 1. The van der Waals surface area contributed by atoms with Crippen molar-refractivity contribution in [3.8, 4) is 0 Å². The molecule has 1 rings (SSSR count). The van der Waals surface area contributed by atoms with Crippen molar-refractivity contribution in [3.05, 3.63) is 0 Å². The molecule has 0 bridgehead atoms. The summed E-state index contributed by atoms with van der Waals surface area (Å²) in [7, 11) is 1.60. The topological polar surface area (TPSA) is 47.6 Å². The zero-order valence-corrected chi connectivity index (χ0v) is 8.26. The summed E-state index contributed by atoms with van der Waals surface area (Å²) >= 11 is 0. The van der Waals surface area contributed by atoms with Crippen LogP contribution in [0.1, 0.15) is 19.8 Å². The van der Waals surface area contributed by atoms with E-state index in [2.05, 4.69) is 5.32 Å². The Labute approximate surface area is 78.6 Å². The summed E-state index contributed by atoms with van der Waals surface area (Å²) in [5.74, 6) is -0.186. The summed E-state index contributed by atoms with van der Waals surface area (Å²) < 4.78 is 10.0. The van der Waals surface area contributed by atoms with Crippen molar-refractivity contribution < 1.29 is 14.3 Å². The highest BCUT2D eigenvalue weighted by Crippen LogP contribution is 2.21. The van der Waals surface area contributed by atoms with Gasteiger partial charge in [-0.25, -0.2) is 4.79 Å². The van der Waals surface area contributed by atoms with Gasteiger partial charge < -0.3 is 9.47 Å². The first-order chi connectivity index (χ1) is 6.25. The van der Waals surface area contributed by atoms with Crippen molar-refractivity contribution in [1.82, 2.24) is 5.32 Å². The van der Waals surface area contributed by atoms with E-state index in [-0.39, 0.29) is 5.97 Å². The van der Waals surface area contributed by atoms with E-state index in [1.165, 1.54) is 0 Å². The highest BCUT2D eigenvalue weighted by molar-refractivity contribution is 5.81. The van der Waals surface area contributed by atoms with Crippen LogP contribution in [0.4, 0.5) is 0 Å². The molecule has 0 spiro atoms. The molecule has 0 aromatic rings. The van der Waals surface area contributed by atoms with Crippen LogP contribution in [0.25, 0.3) is 0 Å². The van der Waals surface area contributed by atoms with Gasteiger partial charge in [0.1, 0.15) is 5.54 Å². The maximum atomic E-state index is 11.6. The fraction of sp³-hybridized carbons (Fsp3) is 0.889. The number of carbonyl (C=O) groups excluding carboxylic acids is 1. The Morgan fingerprint density at radius 2 is 2.38 bits per heavy atom. The maximum absolute atomic E-state index is 11.6. The maximum Gasteiger partial charge on any atom is 0.328 e. The van der Waals surface area contributed by atoms with Crippen LogP contribution in [0.3, 0.4) is 0 Å². The standard InChI is InChI=1S/C9H17NO3/c1-3-13-8(11)9(7-12-2)5-4-6-10-9/h10H,3-7H2,1-2H3. The third kappa shape index (κ3) is 2.19. The number of ether oxygens (including phenoxy) is 2. The lowest BCUT2D eigenvalue weighted by molar-refractivity contribution is -0.152. The highest BCUT2D eigenvalue weighted by atomic mass is 16.5. The molecule has 0 aliphatic carbocycles. The van der Waals surface area contributed by atoms with E-state index in [1.807, 2.05) is 6.92 Å². The van der Waals surface area contributed by atoms with Gasteiger partial charge in [0.25, 0.3) is 0 Å². The molecule has 4 heteroatoms. The van der Waals surface area contributed by atoms with Gasteiger partial charge in [0.15, 0.2) is 0 Å². The quantitative estimate of drug-likeness (QED) is 0.644. The van der Waals surface area contributed by atoms with E-state index >= 15 is 0 Å². The van der Waals surface area contributed by atoms with Gasteiger partial charge in [0.2, 0.25) is 0 Å². The molecule has 1 fully saturated rings. The second-order valence-electron chi connectivity index (χ2n) is 3.27. The second-order valence-corrected chi connectivity index (χ2v) is 3.27. The van der Waals surface area contributed by atoms with E-state index < -0.39 is 5.54 Å². The minimum absolute atomic E-state index is 0.186. The zero-order chi connectivity index (χ0) is 9.73. The van der Waals surface area contributed by atoms with Gasteiger partial charge in [-0.15, -0.1) is 0 Å². The number of carbonyl (C=O) groups is 1. The Morgan fingerprint density at radius 1 is 1.62 bits per heavy atom. The van der Waals surface area contributed by atoms with Crippen molar-refractivity contribution in [2.24, 2.45) is 0 Å². The lowest BCUT2D eigenvalue weighted by Crippen LogP contribution is -2.52. The monoisotopic (exact) mass is 187 g/mol. The van der Waals surface area contributed by atoms with Gasteiger partial charge in [-0.2, -0.15) is 0 Å². The molecule has 1 atom stereocenters. The molecule has 1 saturated heterocycles. The summed E-state index contributed by atoms with van der Waals surface area (Å²) in [6, 6.07) is 0. The molecule has 1 aliphatic heterocycles. The molecule has 4 nitrogen and oxygen atoms in total. The fourth-order valence-corrected chi connectivity index (χ4v) is 1.68. The molecule has 1 unspecified atom stereocenters. The first-order valence-electron chi connectivity index (χ1n) is 4.66. The molecule has 76 valence electrons. The van der Waals surface area contributed by atoms with Gasteiger partial charge in [-0.3, -0.25) is 5.32 Å². The predicted octanol–water partition coefficient (Wildman–Crippen LogP) is 0.318. The second kappa shape index (κ2) is 4.58. The molecular formula is C9H17NO3. The van der Waals surface area contributed by atoms with Crippen LogP contribution in [0.2, 0.25) is 0 Å². The van der Waals surface area contributed by atoms with Crippen molar-refractivity contribution in [2.45, 2.75) is 25.3 Å². The summed E-state index contributed by atoms with van der Waals surface area (Å²) in [4.78, 5) is 11.6. The number of rotatable bonds is 4. The Bertz CT molecular complexity index is 176. The van der Waals surface area contributed by atoms with Crippen molar-refractivity contribution in [3.63, 3.8) is 0 Å². The van der Waals surface area contributed by atoms with Crippen LogP contribution in [-0.2, 0) is 14.3 Å². The molecule has 0 saturated carbocycles. The molecule has 13 heavy (non-hydrogen) atoms. The molecule has 1 heterocycles. The van der Waals surface area contributed by atoms with Crippen LogP contribution in [-0.4, -0.2) is 38.4 Å². The van der Waals surface area contributed by atoms with Crippen molar-refractivity contribution >= 4 is 5.97 Å². The zero-order valence-electron chi connectivity index (χ0n) is 8.26. The van der Waals surface area contributed by atoms with Crippen LogP contribution in [0, 0.1) is 0 Å². The normalized spacial score (nSPS) is 27.5. The molecular weight excluding hydrogens is 170 g/mol. The Hall–Kier alpha value is -0.610. The first-order valence-corrected chi connectivity index (χ1v) is 4.66. The van der Waals surface area contributed by atoms with Crippen LogP contribution >= 0.6 is 0 Å². The smallest absolute Gasteiger partial charge is 0.328 e. The SMILES string of the molecule is CCOC(=O)C1(COC)CCCN1. The van der Waals surface area contributed by atoms with Crippen LogP contribution in [0.15, 0.2) is 0 Å². The van der Waals surface area contributed by atoms with Crippen molar-refractivity contribution in [2.75, 3.05) is 26.9 Å². The van der Waals surface area contributed by atoms with E-state index in [0.29, 0.717) is 13.2 Å². The summed E-state index contributed by atoms with van der Waals surface area (Å²) in [6.07, 6.45) is 1.81. The third-order valence-electron chi connectivity index (χ3n) is 2.30. The van der Waals surface area contributed by atoms with Gasteiger partial charge >= 0.3 is 5.97 Å². The van der Waals surface area contributed by atoms with E-state index in [9.17, 15) is 4.79 Å². The third-order valence-corrected chi connectivity index (χ3v) is 2.30. The summed E-state index contributed by atoms with van der Waals surface area (Å²) in [5.41, 5.74) is -0.579. The Balaban J connectivity index is 2.60. The minimum Gasteiger partial charge on any atom is -0.465 e. The summed E-state index contributed by atoms with van der Waals surface area (Å²) in [5, 5.41) is 3.16. The highest BCUT2D eigenvalue weighted by Gasteiger charge is 2.42. The molecule has 1 N–H and O–H groups in total. The lowest BCUT2D eigenvalue weighted by Gasteiger charge is -2.25. The van der Waals surface area contributed by atoms with Gasteiger partial charge in [0, 0.05) is 7.11 Å². The number of methoxy groups -OCH3 is 1. The molecule has 1 aliphatic rings. The predicted molar refractivity (Wildman–Crippen MR) is 48.5 cm³/mol. The van der Waals surface area contributed by atoms with E-state index in [4.69, 9.17) is 9.47 Å². The van der Waals surface area contributed by atoms with Crippen LogP contribution < -0.4 is 5.32 Å². The van der Waals surface area contributed by atoms with Crippen molar-refractivity contribution in [1.29, 1.82) is 0 Å². The van der Waals surface area contributed by atoms with Gasteiger partial charge in [-0.1, -0.05) is 0 Å². The van der Waals surface area contributed by atoms with Gasteiger partial charge in [0.05, 0.1) is 13.2 Å². The summed E-state index contributed by atoms with van der Waals surface area (Å²) in [6.45, 7) is 3.49. The molecule has 0 aromatic carbocycles. The number of hydrogen-bond donors (Lipinski definition) is 1. The molecule has 0 radical (unpaired) electrons. The molecule has 0 amide bonds. The average Bonchev–Trinajstić information content (AvgIpc) is 2.55. The van der Waals surface area contributed by atoms with Gasteiger partial charge in [-0.05, 0) is 26.3 Å². The lowest BCUT2D eigenvalue weighted by atomic mass is 9.99. The number of hydrogen-bond acceptors (Lipinski definition) is 4. The van der Waals surface area contributed by atoms with Crippen LogP contribution in [0.5, 0.6) is 0 Å². The number of nitrogens with one attached hydrogen (secondary N) is 1. The largest absolute Gasteiger partial charge is 0.465 e. The van der Waals surface area contributed by atoms with E-state index in [1.54, 1.807) is 7.11 Å². The Morgan fingerprint density at radius 3 is 2.85 bits per heavy atom. The molecule has 0 aromatic heterocycles.